The predicted octanol–water partition coefficient (Wildman–Crippen LogP) is 3.74. The maximum absolute atomic E-state index is 11.7. The third-order valence-electron chi connectivity index (χ3n) is 3.01. The summed E-state index contributed by atoms with van der Waals surface area (Å²) in [6.07, 6.45) is -0.0135. The number of hydrogen-bond acceptors (Lipinski definition) is 4. The monoisotopic (exact) mass is 286 g/mol. The Bertz CT molecular complexity index is 648. The van der Waals surface area contributed by atoms with Crippen molar-refractivity contribution in [2.24, 2.45) is 0 Å². The van der Waals surface area contributed by atoms with Crippen LogP contribution in [0.5, 0.6) is 0 Å². The smallest absolute Gasteiger partial charge is 0.309 e. The van der Waals surface area contributed by atoms with Crippen LogP contribution in [0.25, 0.3) is 10.8 Å². The summed E-state index contributed by atoms with van der Waals surface area (Å²) in [6, 6.07) is 13.4. The molecule has 1 unspecified atom stereocenters. The number of rotatable bonds is 5. The maximum Gasteiger partial charge on any atom is 0.309 e. The molecule has 2 aromatic rings. The molecule has 0 saturated carbocycles. The van der Waals surface area contributed by atoms with Gasteiger partial charge in [-0.05, 0) is 23.3 Å². The van der Waals surface area contributed by atoms with Crippen LogP contribution >= 0.6 is 0 Å². The van der Waals surface area contributed by atoms with Crippen molar-refractivity contribution in [2.45, 2.75) is 33.0 Å². The number of benzene rings is 2. The first-order valence-corrected chi connectivity index (χ1v) is 6.95. The fraction of sp³-hybridized carbons (Fsp3) is 0.294. The zero-order valence-electron chi connectivity index (χ0n) is 12.2. The zero-order valence-corrected chi connectivity index (χ0v) is 12.2. The third-order valence-corrected chi connectivity index (χ3v) is 3.01. The lowest BCUT2D eigenvalue weighted by atomic mass is 10.1. The maximum atomic E-state index is 11.7. The van der Waals surface area contributed by atoms with Crippen LogP contribution in [0.1, 0.15) is 38.5 Å². The summed E-state index contributed by atoms with van der Waals surface area (Å²) < 4.78 is 10.4. The Morgan fingerprint density at radius 3 is 2.43 bits per heavy atom. The zero-order chi connectivity index (χ0) is 15.2. The summed E-state index contributed by atoms with van der Waals surface area (Å²) in [6.45, 7) is 3.18. The van der Waals surface area contributed by atoms with Crippen LogP contribution in [0.2, 0.25) is 0 Å². The van der Waals surface area contributed by atoms with E-state index in [1.807, 2.05) is 43.3 Å². The molecule has 4 nitrogen and oxygen atoms in total. The largest absolute Gasteiger partial charge is 0.421 e. The highest BCUT2D eigenvalue weighted by Crippen LogP contribution is 2.24. The molecule has 0 saturated heterocycles. The fourth-order valence-corrected chi connectivity index (χ4v) is 2.05. The van der Waals surface area contributed by atoms with Crippen molar-refractivity contribution < 1.29 is 19.1 Å². The van der Waals surface area contributed by atoms with Gasteiger partial charge in [-0.2, -0.15) is 0 Å². The lowest BCUT2D eigenvalue weighted by Crippen LogP contribution is -2.16. The second-order valence-electron chi connectivity index (χ2n) is 4.79. The minimum absolute atomic E-state index is 0.297. The lowest BCUT2D eigenvalue weighted by molar-refractivity contribution is -0.188. The van der Waals surface area contributed by atoms with Crippen LogP contribution in [0.4, 0.5) is 0 Å². The molecule has 4 heteroatoms. The van der Waals surface area contributed by atoms with E-state index in [0.29, 0.717) is 18.4 Å². The first-order chi connectivity index (χ1) is 10.1. The molecule has 0 N–H and O–H groups in total. The van der Waals surface area contributed by atoms with E-state index in [2.05, 4.69) is 0 Å². The van der Waals surface area contributed by atoms with E-state index in [4.69, 9.17) is 9.47 Å². The molecule has 0 aliphatic heterocycles. The van der Waals surface area contributed by atoms with Crippen molar-refractivity contribution in [3.05, 3.63) is 48.0 Å². The summed E-state index contributed by atoms with van der Waals surface area (Å²) in [5.41, 5.74) is 0.647. The van der Waals surface area contributed by atoms with Crippen molar-refractivity contribution in [3.63, 3.8) is 0 Å². The van der Waals surface area contributed by atoms with Crippen LogP contribution in [0, 0.1) is 0 Å². The molecule has 21 heavy (non-hydrogen) atoms. The number of carbonyl (C=O) groups is 2. The van der Waals surface area contributed by atoms with Crippen molar-refractivity contribution in [3.8, 4) is 0 Å². The van der Waals surface area contributed by atoms with E-state index < -0.39 is 12.3 Å². The topological polar surface area (TPSA) is 52.6 Å². The molecular formula is C17H18O4. The minimum atomic E-state index is -0.994. The predicted molar refractivity (Wildman–Crippen MR) is 79.5 cm³/mol. The molecule has 0 heterocycles. The van der Waals surface area contributed by atoms with Gasteiger partial charge in [-0.3, -0.25) is 9.59 Å². The van der Waals surface area contributed by atoms with Gasteiger partial charge in [-0.1, -0.05) is 43.3 Å². The van der Waals surface area contributed by atoms with E-state index in [9.17, 15) is 9.59 Å². The van der Waals surface area contributed by atoms with Gasteiger partial charge < -0.3 is 9.47 Å². The number of hydrogen-bond donors (Lipinski definition) is 0. The van der Waals surface area contributed by atoms with Gasteiger partial charge in [0.15, 0.2) is 0 Å². The highest BCUT2D eigenvalue weighted by Gasteiger charge is 2.19. The molecular weight excluding hydrogens is 268 g/mol. The summed E-state index contributed by atoms with van der Waals surface area (Å²) in [7, 11) is 0. The van der Waals surface area contributed by atoms with Gasteiger partial charge in [-0.25, -0.2) is 0 Å². The Kier molecular flexibility index (Phi) is 4.93. The van der Waals surface area contributed by atoms with Gasteiger partial charge in [0.1, 0.15) is 0 Å². The van der Waals surface area contributed by atoms with Crippen molar-refractivity contribution in [1.82, 2.24) is 0 Å². The van der Waals surface area contributed by atoms with Crippen LogP contribution in [-0.4, -0.2) is 11.9 Å². The number of esters is 2. The van der Waals surface area contributed by atoms with Gasteiger partial charge >= 0.3 is 11.9 Å². The van der Waals surface area contributed by atoms with E-state index in [0.717, 1.165) is 10.8 Å². The summed E-state index contributed by atoms with van der Waals surface area (Å²) >= 11 is 0. The average Bonchev–Trinajstić information content (AvgIpc) is 2.46. The van der Waals surface area contributed by atoms with Gasteiger partial charge in [0.2, 0.25) is 0 Å². The second kappa shape index (κ2) is 6.88. The first-order valence-electron chi connectivity index (χ1n) is 6.95. The molecule has 1 atom stereocenters. The molecule has 110 valence electrons. The molecule has 2 rings (SSSR count). The van der Waals surface area contributed by atoms with Crippen molar-refractivity contribution in [2.75, 3.05) is 0 Å². The number of ether oxygens (including phenoxy) is 2. The molecule has 0 bridgehead atoms. The summed E-state index contributed by atoms with van der Waals surface area (Å²) in [4.78, 5) is 22.9. The molecule has 0 radical (unpaired) electrons. The molecule has 0 amide bonds. The molecule has 2 aromatic carbocycles. The van der Waals surface area contributed by atoms with Gasteiger partial charge in [-0.15, -0.1) is 0 Å². The van der Waals surface area contributed by atoms with Crippen LogP contribution in [-0.2, 0) is 19.1 Å². The fourth-order valence-electron chi connectivity index (χ4n) is 2.05. The van der Waals surface area contributed by atoms with Gasteiger partial charge in [0.05, 0.1) is 0 Å². The quantitative estimate of drug-likeness (QED) is 0.620. The third kappa shape index (κ3) is 4.05. The Balaban J connectivity index is 2.28. The van der Waals surface area contributed by atoms with E-state index in [1.54, 1.807) is 6.07 Å². The summed E-state index contributed by atoms with van der Waals surface area (Å²) in [5, 5.41) is 2.07. The standard InChI is InChI=1S/C17H18O4/c1-3-6-16(19)21-17(20-12(2)18)15-10-9-13-7-4-5-8-14(13)11-15/h4-5,7-11,17H,3,6H2,1-2H3. The normalized spacial score (nSPS) is 11.9. The second-order valence-corrected chi connectivity index (χ2v) is 4.79. The summed E-state index contributed by atoms with van der Waals surface area (Å²) in [5.74, 6) is -0.866. The molecule has 0 spiro atoms. The Morgan fingerprint density at radius 2 is 1.76 bits per heavy atom. The van der Waals surface area contributed by atoms with E-state index in [-0.39, 0.29) is 5.97 Å². The van der Waals surface area contributed by atoms with E-state index in [1.165, 1.54) is 6.92 Å². The van der Waals surface area contributed by atoms with Gasteiger partial charge in [0, 0.05) is 18.9 Å². The van der Waals surface area contributed by atoms with Crippen LogP contribution in [0.15, 0.2) is 42.5 Å². The van der Waals surface area contributed by atoms with Gasteiger partial charge in [0.25, 0.3) is 6.29 Å². The minimum Gasteiger partial charge on any atom is -0.421 e. The average molecular weight is 286 g/mol. The van der Waals surface area contributed by atoms with Crippen molar-refractivity contribution >= 4 is 22.7 Å². The Labute approximate surface area is 123 Å². The Hall–Kier alpha value is -2.36. The highest BCUT2D eigenvalue weighted by atomic mass is 16.7. The van der Waals surface area contributed by atoms with Crippen LogP contribution < -0.4 is 0 Å². The number of carbonyl (C=O) groups excluding carboxylic acids is 2. The SMILES string of the molecule is CCCC(=O)OC(OC(C)=O)c1ccc2ccccc2c1. The van der Waals surface area contributed by atoms with Crippen LogP contribution in [0.3, 0.4) is 0 Å². The number of fused-ring (bicyclic) bond motifs is 1. The molecule has 0 aromatic heterocycles. The Morgan fingerprint density at radius 1 is 1.05 bits per heavy atom. The lowest BCUT2D eigenvalue weighted by Gasteiger charge is -2.18. The van der Waals surface area contributed by atoms with Crippen molar-refractivity contribution in [1.29, 1.82) is 0 Å². The highest BCUT2D eigenvalue weighted by molar-refractivity contribution is 5.83. The molecule has 0 aliphatic rings. The molecule has 0 fully saturated rings. The first kappa shape index (κ1) is 15.0. The van der Waals surface area contributed by atoms with E-state index >= 15 is 0 Å². The molecule has 0 aliphatic carbocycles.